The van der Waals surface area contributed by atoms with Crippen LogP contribution in [0.5, 0.6) is 11.5 Å². The third-order valence-corrected chi connectivity index (χ3v) is 4.42. The molecule has 25 heavy (non-hydrogen) atoms. The summed E-state index contributed by atoms with van der Waals surface area (Å²) in [7, 11) is 1.67. The van der Waals surface area contributed by atoms with Gasteiger partial charge in [-0.05, 0) is 54.8 Å². The normalized spacial score (nSPS) is 15.1. The maximum atomic E-state index is 5.97. The van der Waals surface area contributed by atoms with E-state index in [2.05, 4.69) is 22.0 Å². The molecule has 0 atom stereocenters. The number of morpholine rings is 1. The standard InChI is InChI=1S/C20H26N2O3/c1-23-19-5-4-17(3-2-10-22-11-13-24-14-12-22)15-20(19)25-16-18-6-8-21-9-7-18/h4-9,15H,2-3,10-14,16H2,1H3. The molecule has 1 fully saturated rings. The molecule has 1 aromatic carbocycles. The van der Waals surface area contributed by atoms with Crippen molar-refractivity contribution in [3.8, 4) is 11.5 Å². The lowest BCUT2D eigenvalue weighted by atomic mass is 10.1. The molecule has 2 heterocycles. The minimum Gasteiger partial charge on any atom is -0.493 e. The van der Waals surface area contributed by atoms with Crippen LogP contribution in [-0.2, 0) is 17.8 Å². The Morgan fingerprint density at radius 3 is 2.60 bits per heavy atom. The summed E-state index contributed by atoms with van der Waals surface area (Å²) >= 11 is 0. The minimum atomic E-state index is 0.510. The third kappa shape index (κ3) is 5.44. The first-order valence-electron chi connectivity index (χ1n) is 8.84. The first-order chi connectivity index (χ1) is 12.3. The Kier molecular flexibility index (Phi) is 6.65. The molecular weight excluding hydrogens is 316 g/mol. The zero-order valence-electron chi connectivity index (χ0n) is 14.8. The number of rotatable bonds is 8. The van der Waals surface area contributed by atoms with Gasteiger partial charge in [0.25, 0.3) is 0 Å². The second-order valence-electron chi connectivity index (χ2n) is 6.19. The molecule has 3 rings (SSSR count). The van der Waals surface area contributed by atoms with Crippen molar-refractivity contribution in [2.24, 2.45) is 0 Å². The molecule has 0 radical (unpaired) electrons. The van der Waals surface area contributed by atoms with E-state index in [1.807, 2.05) is 18.2 Å². The van der Waals surface area contributed by atoms with Gasteiger partial charge in [-0.25, -0.2) is 0 Å². The lowest BCUT2D eigenvalue weighted by Crippen LogP contribution is -2.36. The molecule has 0 N–H and O–H groups in total. The van der Waals surface area contributed by atoms with Crippen LogP contribution in [0.2, 0.25) is 0 Å². The zero-order valence-corrected chi connectivity index (χ0v) is 14.8. The van der Waals surface area contributed by atoms with Crippen LogP contribution in [0.15, 0.2) is 42.7 Å². The second kappa shape index (κ2) is 9.39. The predicted molar refractivity (Wildman–Crippen MR) is 97.1 cm³/mol. The molecule has 1 saturated heterocycles. The SMILES string of the molecule is COc1ccc(CCCN2CCOCC2)cc1OCc1ccncc1. The van der Waals surface area contributed by atoms with Gasteiger partial charge in [-0.3, -0.25) is 9.88 Å². The molecule has 0 spiro atoms. The van der Waals surface area contributed by atoms with E-state index >= 15 is 0 Å². The predicted octanol–water partition coefficient (Wildman–Crippen LogP) is 2.93. The van der Waals surface area contributed by atoms with Gasteiger partial charge in [-0.2, -0.15) is 0 Å². The molecule has 134 valence electrons. The Bertz CT molecular complexity index is 643. The average Bonchev–Trinajstić information content (AvgIpc) is 2.68. The monoisotopic (exact) mass is 342 g/mol. The molecule has 1 aliphatic rings. The van der Waals surface area contributed by atoms with Crippen LogP contribution in [0.25, 0.3) is 0 Å². The van der Waals surface area contributed by atoms with Crippen LogP contribution in [0.3, 0.4) is 0 Å². The Labute approximate surface area is 149 Å². The number of benzene rings is 1. The van der Waals surface area contributed by atoms with Gasteiger partial charge in [0.1, 0.15) is 6.61 Å². The van der Waals surface area contributed by atoms with E-state index in [-0.39, 0.29) is 0 Å². The van der Waals surface area contributed by atoms with E-state index < -0.39 is 0 Å². The number of hydrogen-bond donors (Lipinski definition) is 0. The zero-order chi connectivity index (χ0) is 17.3. The van der Waals surface area contributed by atoms with E-state index in [1.54, 1.807) is 19.5 Å². The van der Waals surface area contributed by atoms with Crippen LogP contribution in [0.1, 0.15) is 17.5 Å². The molecule has 5 heteroatoms. The molecule has 0 saturated carbocycles. The third-order valence-electron chi connectivity index (χ3n) is 4.42. The molecule has 5 nitrogen and oxygen atoms in total. The van der Waals surface area contributed by atoms with Crippen molar-refractivity contribution in [1.82, 2.24) is 9.88 Å². The van der Waals surface area contributed by atoms with E-state index in [0.717, 1.165) is 62.8 Å². The van der Waals surface area contributed by atoms with Crippen molar-refractivity contribution in [2.45, 2.75) is 19.4 Å². The molecule has 0 bridgehead atoms. The summed E-state index contributed by atoms with van der Waals surface area (Å²) in [6, 6.07) is 10.1. The highest BCUT2D eigenvalue weighted by atomic mass is 16.5. The van der Waals surface area contributed by atoms with Gasteiger partial charge in [-0.15, -0.1) is 0 Å². The quantitative estimate of drug-likeness (QED) is 0.738. The van der Waals surface area contributed by atoms with Gasteiger partial charge in [-0.1, -0.05) is 6.07 Å². The Morgan fingerprint density at radius 2 is 1.84 bits per heavy atom. The van der Waals surface area contributed by atoms with Gasteiger partial charge in [0.2, 0.25) is 0 Å². The maximum Gasteiger partial charge on any atom is 0.161 e. The molecule has 1 aliphatic heterocycles. The second-order valence-corrected chi connectivity index (χ2v) is 6.19. The van der Waals surface area contributed by atoms with Crippen molar-refractivity contribution < 1.29 is 14.2 Å². The van der Waals surface area contributed by atoms with E-state index in [4.69, 9.17) is 14.2 Å². The van der Waals surface area contributed by atoms with Gasteiger partial charge in [0.05, 0.1) is 20.3 Å². The molecule has 0 amide bonds. The summed E-state index contributed by atoms with van der Waals surface area (Å²) < 4.78 is 16.8. The van der Waals surface area contributed by atoms with Crippen LogP contribution in [-0.4, -0.2) is 49.8 Å². The van der Waals surface area contributed by atoms with Crippen molar-refractivity contribution in [2.75, 3.05) is 40.0 Å². The average molecular weight is 342 g/mol. The minimum absolute atomic E-state index is 0.510. The van der Waals surface area contributed by atoms with Crippen LogP contribution in [0.4, 0.5) is 0 Å². The van der Waals surface area contributed by atoms with E-state index in [9.17, 15) is 0 Å². The van der Waals surface area contributed by atoms with Gasteiger partial charge >= 0.3 is 0 Å². The number of aromatic nitrogens is 1. The topological polar surface area (TPSA) is 43.8 Å². The van der Waals surface area contributed by atoms with Crippen LogP contribution >= 0.6 is 0 Å². The summed E-state index contributed by atoms with van der Waals surface area (Å²) in [5.41, 5.74) is 2.37. The van der Waals surface area contributed by atoms with Crippen molar-refractivity contribution in [3.63, 3.8) is 0 Å². The molecular formula is C20H26N2O3. The molecule has 0 aliphatic carbocycles. The highest BCUT2D eigenvalue weighted by molar-refractivity contribution is 5.43. The fraction of sp³-hybridized carbons (Fsp3) is 0.450. The smallest absolute Gasteiger partial charge is 0.161 e. The number of nitrogens with zero attached hydrogens (tertiary/aromatic N) is 2. The Balaban J connectivity index is 1.55. The lowest BCUT2D eigenvalue weighted by molar-refractivity contribution is 0.0374. The number of pyridine rings is 1. The van der Waals surface area contributed by atoms with Crippen molar-refractivity contribution in [1.29, 1.82) is 0 Å². The first kappa shape index (κ1) is 17.7. The fourth-order valence-corrected chi connectivity index (χ4v) is 2.96. The van der Waals surface area contributed by atoms with Crippen LogP contribution in [0, 0.1) is 0 Å². The Hall–Kier alpha value is -2.11. The van der Waals surface area contributed by atoms with E-state index in [0.29, 0.717) is 6.61 Å². The van der Waals surface area contributed by atoms with Gasteiger partial charge in [0, 0.05) is 25.5 Å². The molecule has 2 aromatic rings. The summed E-state index contributed by atoms with van der Waals surface area (Å²) in [5.74, 6) is 1.56. The van der Waals surface area contributed by atoms with Crippen molar-refractivity contribution >= 4 is 0 Å². The number of ether oxygens (including phenoxy) is 3. The molecule has 0 unspecified atom stereocenters. The molecule has 1 aromatic heterocycles. The lowest BCUT2D eigenvalue weighted by Gasteiger charge is -2.26. The highest BCUT2D eigenvalue weighted by Gasteiger charge is 2.10. The maximum absolute atomic E-state index is 5.97. The largest absolute Gasteiger partial charge is 0.493 e. The number of hydrogen-bond acceptors (Lipinski definition) is 5. The Morgan fingerprint density at radius 1 is 1.04 bits per heavy atom. The summed E-state index contributed by atoms with van der Waals surface area (Å²) in [6.07, 6.45) is 5.72. The van der Waals surface area contributed by atoms with Gasteiger partial charge in [0.15, 0.2) is 11.5 Å². The number of aryl methyl sites for hydroxylation is 1. The number of methoxy groups -OCH3 is 1. The highest BCUT2D eigenvalue weighted by Crippen LogP contribution is 2.29. The summed E-state index contributed by atoms with van der Waals surface area (Å²) in [4.78, 5) is 6.49. The van der Waals surface area contributed by atoms with Gasteiger partial charge < -0.3 is 14.2 Å². The van der Waals surface area contributed by atoms with E-state index in [1.165, 1.54) is 5.56 Å². The first-order valence-corrected chi connectivity index (χ1v) is 8.84. The van der Waals surface area contributed by atoms with Crippen molar-refractivity contribution in [3.05, 3.63) is 53.9 Å². The fourth-order valence-electron chi connectivity index (χ4n) is 2.96. The van der Waals surface area contributed by atoms with Crippen LogP contribution < -0.4 is 9.47 Å². The summed E-state index contributed by atoms with van der Waals surface area (Å²) in [5, 5.41) is 0. The summed E-state index contributed by atoms with van der Waals surface area (Å²) in [6.45, 7) is 5.43.